The zero-order valence-corrected chi connectivity index (χ0v) is 6.46. The molecule has 0 spiro atoms. The molecule has 0 saturated heterocycles. The lowest BCUT2D eigenvalue weighted by atomic mass is 10.5. The van der Waals surface area contributed by atoms with E-state index in [0.29, 0.717) is 9.99 Å². The molecule has 0 aromatic heterocycles. The predicted molar refractivity (Wildman–Crippen MR) is 38.9 cm³/mol. The Kier molecular flexibility index (Phi) is 2.10. The summed E-state index contributed by atoms with van der Waals surface area (Å²) in [5, 5.41) is 17.1. The first-order chi connectivity index (χ1) is 4.79. The van der Waals surface area contributed by atoms with E-state index in [1.54, 1.807) is 6.07 Å². The van der Waals surface area contributed by atoms with Gasteiger partial charge < -0.3 is 0 Å². The molecule has 50 valence electrons. The number of hydrogen-bond donors (Lipinski definition) is 0. The second-order valence-corrected chi connectivity index (χ2v) is 4.23. The van der Waals surface area contributed by atoms with Crippen LogP contribution in [-0.4, -0.2) is 9.29 Å². The van der Waals surface area contributed by atoms with Gasteiger partial charge in [0, 0.05) is 0 Å². The number of thioether (sulfide) groups is 1. The monoisotopic (exact) mass is 170 g/mol. The maximum Gasteiger partial charge on any atom is 0.141 e. The minimum absolute atomic E-state index is 0.132. The van der Waals surface area contributed by atoms with Gasteiger partial charge >= 0.3 is 0 Å². The Labute approximate surface area is 64.8 Å². The first-order valence-corrected chi connectivity index (χ1v) is 4.65. The van der Waals surface area contributed by atoms with Crippen LogP contribution in [-0.2, 0) is 10.8 Å². The van der Waals surface area contributed by atoms with Gasteiger partial charge in [0.1, 0.15) is 21.9 Å². The van der Waals surface area contributed by atoms with E-state index in [-0.39, 0.29) is 4.91 Å². The van der Waals surface area contributed by atoms with Crippen LogP contribution in [0.5, 0.6) is 0 Å². The normalized spacial score (nSPS) is 24.0. The van der Waals surface area contributed by atoms with E-state index in [2.05, 4.69) is 0 Å². The van der Waals surface area contributed by atoms with Gasteiger partial charge in [0.25, 0.3) is 0 Å². The minimum atomic E-state index is -1.23. The first kappa shape index (κ1) is 7.33. The minimum Gasteiger partial charge on any atom is -0.253 e. The van der Waals surface area contributed by atoms with E-state index in [1.165, 1.54) is 11.8 Å². The van der Waals surface area contributed by atoms with E-state index >= 15 is 0 Å². The van der Waals surface area contributed by atoms with Crippen molar-refractivity contribution in [2.45, 2.75) is 0 Å². The van der Waals surface area contributed by atoms with Crippen LogP contribution >= 0.6 is 11.8 Å². The molecule has 0 amide bonds. The molecule has 1 atom stereocenters. The maximum absolute atomic E-state index is 10.8. The Balaban J connectivity index is 3.10. The summed E-state index contributed by atoms with van der Waals surface area (Å²) in [7, 11) is -1.23. The average molecular weight is 170 g/mol. The Morgan fingerprint density at radius 2 is 2.20 bits per heavy atom. The van der Waals surface area contributed by atoms with E-state index in [0.717, 1.165) is 0 Å². The van der Waals surface area contributed by atoms with E-state index in [4.69, 9.17) is 10.5 Å². The van der Waals surface area contributed by atoms with Gasteiger partial charge in [0.15, 0.2) is 0 Å². The maximum atomic E-state index is 10.8. The Morgan fingerprint density at radius 3 is 2.60 bits per heavy atom. The highest BCUT2D eigenvalue weighted by atomic mass is 32.2. The Hall–Kier alpha value is -0.780. The molecule has 0 aromatic carbocycles. The molecule has 1 rings (SSSR count). The summed E-state index contributed by atoms with van der Waals surface area (Å²) >= 11 is 1.18. The fourth-order valence-corrected chi connectivity index (χ4v) is 2.95. The number of rotatable bonds is 0. The van der Waals surface area contributed by atoms with E-state index < -0.39 is 10.8 Å². The lowest BCUT2D eigenvalue weighted by Crippen LogP contribution is -1.87. The van der Waals surface area contributed by atoms with Gasteiger partial charge in [-0.05, 0) is 0 Å². The number of nitrogens with zero attached hydrogens (tertiary/aromatic N) is 2. The smallest absolute Gasteiger partial charge is 0.141 e. The summed E-state index contributed by atoms with van der Waals surface area (Å²) in [5.74, 6) is 0. The van der Waals surface area contributed by atoms with Crippen molar-refractivity contribution >= 4 is 22.6 Å². The molecule has 1 aliphatic heterocycles. The molecular weight excluding hydrogens is 168 g/mol. The van der Waals surface area contributed by atoms with Crippen LogP contribution in [0.2, 0.25) is 0 Å². The zero-order valence-electron chi connectivity index (χ0n) is 4.83. The third-order valence-corrected chi connectivity index (χ3v) is 3.74. The summed E-state index contributed by atoms with van der Waals surface area (Å²) < 4.78 is 10.8. The number of allylic oxidation sites excluding steroid dienone is 2. The standard InChI is InChI=1S/C5H2N2OS2/c6-1-4-5(2-7)10(8)3-9-4/h3H2. The number of nitriles is 2. The van der Waals surface area contributed by atoms with Crippen molar-refractivity contribution in [3.05, 3.63) is 9.81 Å². The molecule has 1 aliphatic rings. The topological polar surface area (TPSA) is 64.7 Å². The summed E-state index contributed by atoms with van der Waals surface area (Å²) in [6.07, 6.45) is 0. The predicted octanol–water partition coefficient (Wildman–Crippen LogP) is 0.698. The molecule has 1 heterocycles. The van der Waals surface area contributed by atoms with Crippen molar-refractivity contribution in [3.63, 3.8) is 0 Å². The second-order valence-electron chi connectivity index (χ2n) is 1.49. The Bertz CT molecular complexity index is 294. The van der Waals surface area contributed by atoms with Crippen LogP contribution in [0.1, 0.15) is 0 Å². The molecule has 0 aromatic rings. The second kappa shape index (κ2) is 2.87. The molecule has 0 bridgehead atoms. The van der Waals surface area contributed by atoms with E-state index in [1.807, 2.05) is 6.07 Å². The van der Waals surface area contributed by atoms with Gasteiger partial charge in [-0.15, -0.1) is 0 Å². The summed E-state index contributed by atoms with van der Waals surface area (Å²) in [5.41, 5.74) is 0. The fraction of sp³-hybridized carbons (Fsp3) is 0.200. The quantitative estimate of drug-likeness (QED) is 0.536. The highest BCUT2D eigenvalue weighted by molar-refractivity contribution is 8.17. The third kappa shape index (κ3) is 1.06. The third-order valence-electron chi connectivity index (χ3n) is 0.947. The molecule has 0 saturated carbocycles. The van der Waals surface area contributed by atoms with Crippen molar-refractivity contribution in [2.24, 2.45) is 0 Å². The molecule has 0 radical (unpaired) electrons. The van der Waals surface area contributed by atoms with Crippen LogP contribution in [0.4, 0.5) is 0 Å². The van der Waals surface area contributed by atoms with Crippen molar-refractivity contribution < 1.29 is 4.21 Å². The molecular formula is C5H2N2OS2. The largest absolute Gasteiger partial charge is 0.253 e. The van der Waals surface area contributed by atoms with Gasteiger partial charge in [-0.1, -0.05) is 11.8 Å². The highest BCUT2D eigenvalue weighted by Crippen LogP contribution is 2.30. The van der Waals surface area contributed by atoms with Crippen molar-refractivity contribution in [1.29, 1.82) is 10.5 Å². The molecule has 0 fully saturated rings. The Morgan fingerprint density at radius 1 is 1.50 bits per heavy atom. The van der Waals surface area contributed by atoms with Crippen LogP contribution in [0.3, 0.4) is 0 Å². The lowest BCUT2D eigenvalue weighted by molar-refractivity contribution is 0.690. The van der Waals surface area contributed by atoms with Crippen LogP contribution < -0.4 is 0 Å². The van der Waals surface area contributed by atoms with Crippen molar-refractivity contribution in [2.75, 3.05) is 5.08 Å². The van der Waals surface area contributed by atoms with Gasteiger partial charge in [-0.3, -0.25) is 4.21 Å². The summed E-state index contributed by atoms with van der Waals surface area (Å²) in [6.45, 7) is 0. The summed E-state index contributed by atoms with van der Waals surface area (Å²) in [6, 6.07) is 3.57. The van der Waals surface area contributed by atoms with Crippen molar-refractivity contribution in [3.8, 4) is 12.1 Å². The fourth-order valence-electron chi connectivity index (χ4n) is 0.525. The lowest BCUT2D eigenvalue weighted by Gasteiger charge is -1.80. The molecule has 0 aliphatic carbocycles. The summed E-state index contributed by atoms with van der Waals surface area (Å²) in [4.78, 5) is 0.438. The van der Waals surface area contributed by atoms with Gasteiger partial charge in [0.2, 0.25) is 0 Å². The van der Waals surface area contributed by atoms with Gasteiger partial charge in [0.05, 0.1) is 15.9 Å². The van der Waals surface area contributed by atoms with Crippen LogP contribution in [0, 0.1) is 22.7 Å². The number of hydrogen-bond acceptors (Lipinski definition) is 4. The molecule has 10 heavy (non-hydrogen) atoms. The SMILES string of the molecule is N#CC1=C(C#N)S(=O)CS1. The van der Waals surface area contributed by atoms with E-state index in [9.17, 15) is 4.21 Å². The molecule has 3 nitrogen and oxygen atoms in total. The van der Waals surface area contributed by atoms with Crippen molar-refractivity contribution in [1.82, 2.24) is 0 Å². The van der Waals surface area contributed by atoms with Gasteiger partial charge in [-0.2, -0.15) is 10.5 Å². The van der Waals surface area contributed by atoms with Crippen LogP contribution in [0.25, 0.3) is 0 Å². The average Bonchev–Trinajstić information content (AvgIpc) is 2.30. The molecule has 5 heteroatoms. The first-order valence-electron chi connectivity index (χ1n) is 2.35. The van der Waals surface area contributed by atoms with Gasteiger partial charge in [-0.25, -0.2) is 0 Å². The molecule has 0 N–H and O–H groups in total. The highest BCUT2D eigenvalue weighted by Gasteiger charge is 2.21. The molecule has 1 unspecified atom stereocenters. The van der Waals surface area contributed by atoms with Crippen LogP contribution in [0.15, 0.2) is 9.81 Å². The zero-order chi connectivity index (χ0) is 7.56.